The van der Waals surface area contributed by atoms with Crippen LogP contribution in [0.25, 0.3) is 10.9 Å². The van der Waals surface area contributed by atoms with E-state index >= 15 is 0 Å². The van der Waals surface area contributed by atoms with Gasteiger partial charge in [0.15, 0.2) is 0 Å². The largest absolute Gasteiger partial charge is 0.348 e. The Morgan fingerprint density at radius 3 is 2.67 bits per heavy atom. The van der Waals surface area contributed by atoms with E-state index in [9.17, 15) is 14.4 Å². The van der Waals surface area contributed by atoms with E-state index in [4.69, 9.17) is 0 Å². The Hall–Kier alpha value is -3.41. The number of aromatic nitrogens is 2. The highest BCUT2D eigenvalue weighted by Gasteiger charge is 2.12. The summed E-state index contributed by atoms with van der Waals surface area (Å²) < 4.78 is 1.26. The highest BCUT2D eigenvalue weighted by molar-refractivity contribution is 5.97. The molecule has 1 aromatic heterocycles. The third-order valence-corrected chi connectivity index (χ3v) is 5.58. The summed E-state index contributed by atoms with van der Waals surface area (Å²) in [5, 5.41) is 3.27. The maximum Gasteiger partial charge on any atom is 0.328 e. The number of benzene rings is 2. The Morgan fingerprint density at radius 2 is 1.90 bits per heavy atom. The van der Waals surface area contributed by atoms with Crippen LogP contribution in [-0.4, -0.2) is 15.5 Å². The van der Waals surface area contributed by atoms with Crippen molar-refractivity contribution in [1.29, 1.82) is 0 Å². The van der Waals surface area contributed by atoms with Crippen LogP contribution in [0.15, 0.2) is 69.8 Å². The van der Waals surface area contributed by atoms with Gasteiger partial charge in [-0.2, -0.15) is 0 Å². The molecular weight excluding hydrogens is 378 g/mol. The van der Waals surface area contributed by atoms with E-state index in [0.717, 1.165) is 18.4 Å². The van der Waals surface area contributed by atoms with Crippen molar-refractivity contribution in [3.63, 3.8) is 0 Å². The average molecular weight is 403 g/mol. The predicted octanol–water partition coefficient (Wildman–Crippen LogP) is 3.51. The molecule has 30 heavy (non-hydrogen) atoms. The SMILES string of the molecule is O=C(NCc1ccccc1)c1ccc2c(=O)n(CCC3=CCCCC3)c(=O)[nH]c2c1. The van der Waals surface area contributed by atoms with Crippen LogP contribution < -0.4 is 16.6 Å². The monoisotopic (exact) mass is 403 g/mol. The number of carbonyl (C=O) groups excluding carboxylic acids is 1. The van der Waals surface area contributed by atoms with Gasteiger partial charge in [-0.1, -0.05) is 42.0 Å². The van der Waals surface area contributed by atoms with Crippen LogP contribution >= 0.6 is 0 Å². The molecule has 154 valence electrons. The molecular formula is C24H25N3O3. The van der Waals surface area contributed by atoms with Gasteiger partial charge in [0, 0.05) is 18.7 Å². The average Bonchev–Trinajstić information content (AvgIpc) is 2.78. The second-order valence-electron chi connectivity index (χ2n) is 7.67. The zero-order valence-corrected chi connectivity index (χ0v) is 16.8. The van der Waals surface area contributed by atoms with Crippen molar-refractivity contribution in [3.8, 4) is 0 Å². The van der Waals surface area contributed by atoms with Gasteiger partial charge in [-0.15, -0.1) is 0 Å². The summed E-state index contributed by atoms with van der Waals surface area (Å²) in [4.78, 5) is 40.6. The number of nitrogens with one attached hydrogen (secondary N) is 2. The summed E-state index contributed by atoms with van der Waals surface area (Å²) in [6.45, 7) is 0.779. The maximum absolute atomic E-state index is 12.8. The molecule has 0 saturated heterocycles. The summed E-state index contributed by atoms with van der Waals surface area (Å²) in [7, 11) is 0. The van der Waals surface area contributed by atoms with E-state index in [-0.39, 0.29) is 11.5 Å². The van der Waals surface area contributed by atoms with E-state index < -0.39 is 5.69 Å². The van der Waals surface area contributed by atoms with Crippen LogP contribution in [0.1, 0.15) is 48.0 Å². The number of fused-ring (bicyclic) bond motifs is 1. The number of nitrogens with zero attached hydrogens (tertiary/aromatic N) is 1. The first-order chi connectivity index (χ1) is 14.6. The molecule has 2 aromatic carbocycles. The third kappa shape index (κ3) is 4.43. The van der Waals surface area contributed by atoms with Crippen molar-refractivity contribution in [1.82, 2.24) is 14.9 Å². The zero-order chi connectivity index (χ0) is 20.9. The summed E-state index contributed by atoms with van der Waals surface area (Å²) in [5.74, 6) is -0.255. The Labute approximate surface area is 174 Å². The molecule has 0 spiro atoms. The van der Waals surface area contributed by atoms with Gasteiger partial charge in [-0.05, 0) is 55.9 Å². The number of amides is 1. The van der Waals surface area contributed by atoms with E-state index in [1.807, 2.05) is 30.3 Å². The molecule has 0 atom stereocenters. The summed E-state index contributed by atoms with van der Waals surface area (Å²) >= 11 is 0. The molecule has 0 saturated carbocycles. The Morgan fingerprint density at radius 1 is 1.07 bits per heavy atom. The van der Waals surface area contributed by atoms with Gasteiger partial charge in [0.05, 0.1) is 10.9 Å². The molecule has 2 N–H and O–H groups in total. The first-order valence-corrected chi connectivity index (χ1v) is 10.4. The van der Waals surface area contributed by atoms with Crippen molar-refractivity contribution < 1.29 is 4.79 Å². The molecule has 1 amide bonds. The quantitative estimate of drug-likeness (QED) is 0.618. The fourth-order valence-corrected chi connectivity index (χ4v) is 3.87. The minimum absolute atomic E-state index is 0.255. The molecule has 0 fully saturated rings. The number of rotatable bonds is 6. The Kier molecular flexibility index (Phi) is 5.93. The first-order valence-electron chi connectivity index (χ1n) is 10.4. The molecule has 6 heteroatoms. The number of aromatic amines is 1. The number of hydrogen-bond donors (Lipinski definition) is 2. The van der Waals surface area contributed by atoms with Crippen molar-refractivity contribution in [3.05, 3.63) is 92.1 Å². The van der Waals surface area contributed by atoms with E-state index in [1.165, 1.54) is 23.0 Å². The van der Waals surface area contributed by atoms with E-state index in [2.05, 4.69) is 16.4 Å². The van der Waals surface area contributed by atoms with Gasteiger partial charge in [-0.25, -0.2) is 4.79 Å². The fourth-order valence-electron chi connectivity index (χ4n) is 3.87. The molecule has 0 aliphatic heterocycles. The molecule has 0 bridgehead atoms. The minimum Gasteiger partial charge on any atom is -0.348 e. The predicted molar refractivity (Wildman–Crippen MR) is 118 cm³/mol. The summed E-state index contributed by atoms with van der Waals surface area (Å²) in [6.07, 6.45) is 7.44. The lowest BCUT2D eigenvalue weighted by Crippen LogP contribution is -2.35. The van der Waals surface area contributed by atoms with Crippen molar-refractivity contribution in [2.24, 2.45) is 0 Å². The van der Waals surface area contributed by atoms with Crippen LogP contribution in [0, 0.1) is 0 Å². The molecule has 0 unspecified atom stereocenters. The molecule has 4 rings (SSSR count). The topological polar surface area (TPSA) is 84.0 Å². The normalized spacial score (nSPS) is 13.8. The van der Waals surface area contributed by atoms with Gasteiger partial charge in [0.25, 0.3) is 11.5 Å². The van der Waals surface area contributed by atoms with Gasteiger partial charge in [0.1, 0.15) is 0 Å². The van der Waals surface area contributed by atoms with Crippen LogP contribution in [0.2, 0.25) is 0 Å². The standard InChI is InChI=1S/C24H25N3O3/c28-22(25-16-18-9-5-2-6-10-18)19-11-12-20-21(15-19)26-24(30)27(23(20)29)14-13-17-7-3-1-4-8-17/h2,5-7,9-12,15H,1,3-4,8,13-14,16H2,(H,25,28)(H,26,30). The zero-order valence-electron chi connectivity index (χ0n) is 16.8. The van der Waals surface area contributed by atoms with Crippen molar-refractivity contribution in [2.45, 2.75) is 45.2 Å². The highest BCUT2D eigenvalue weighted by Crippen LogP contribution is 2.20. The van der Waals surface area contributed by atoms with E-state index in [0.29, 0.717) is 36.0 Å². The second kappa shape index (κ2) is 8.95. The van der Waals surface area contributed by atoms with E-state index in [1.54, 1.807) is 18.2 Å². The molecule has 0 radical (unpaired) electrons. The fraction of sp³-hybridized carbons (Fsp3) is 0.292. The molecule has 6 nitrogen and oxygen atoms in total. The lowest BCUT2D eigenvalue weighted by Gasteiger charge is -2.13. The first kappa shape index (κ1) is 19.9. The molecule has 1 aliphatic carbocycles. The lowest BCUT2D eigenvalue weighted by molar-refractivity contribution is 0.0951. The van der Waals surface area contributed by atoms with Crippen molar-refractivity contribution >= 4 is 16.8 Å². The number of H-pyrrole nitrogens is 1. The van der Waals surface area contributed by atoms with Gasteiger partial charge in [0.2, 0.25) is 0 Å². The van der Waals surface area contributed by atoms with Gasteiger partial charge in [-0.3, -0.25) is 14.2 Å². The van der Waals surface area contributed by atoms with Crippen LogP contribution in [-0.2, 0) is 13.1 Å². The number of hydrogen-bond acceptors (Lipinski definition) is 3. The number of allylic oxidation sites excluding steroid dienone is 2. The van der Waals surface area contributed by atoms with Crippen LogP contribution in [0.4, 0.5) is 0 Å². The van der Waals surface area contributed by atoms with Gasteiger partial charge < -0.3 is 10.3 Å². The third-order valence-electron chi connectivity index (χ3n) is 5.58. The van der Waals surface area contributed by atoms with Crippen molar-refractivity contribution in [2.75, 3.05) is 0 Å². The molecule has 1 aliphatic rings. The summed E-state index contributed by atoms with van der Waals surface area (Å²) in [6, 6.07) is 14.4. The van der Waals surface area contributed by atoms with Crippen LogP contribution in [0.5, 0.6) is 0 Å². The smallest absolute Gasteiger partial charge is 0.328 e. The Bertz CT molecular complexity index is 1210. The van der Waals surface area contributed by atoms with Gasteiger partial charge >= 0.3 is 5.69 Å². The minimum atomic E-state index is -0.439. The molecule has 1 heterocycles. The van der Waals surface area contributed by atoms with Crippen LogP contribution in [0.3, 0.4) is 0 Å². The summed E-state index contributed by atoms with van der Waals surface area (Å²) in [5.41, 5.74) is 2.34. The Balaban J connectivity index is 1.53. The lowest BCUT2D eigenvalue weighted by atomic mass is 9.97. The highest BCUT2D eigenvalue weighted by atomic mass is 16.2. The second-order valence-corrected chi connectivity index (χ2v) is 7.67. The molecule has 3 aromatic rings. The maximum atomic E-state index is 12.8. The number of carbonyl (C=O) groups is 1.